The summed E-state index contributed by atoms with van der Waals surface area (Å²) >= 11 is 0. The van der Waals surface area contributed by atoms with Gasteiger partial charge < -0.3 is 23.8 Å². The van der Waals surface area contributed by atoms with E-state index in [1.54, 1.807) is 26.2 Å². The molecule has 2 aromatic rings. The third kappa shape index (κ3) is 3.38. The van der Waals surface area contributed by atoms with Gasteiger partial charge in [0, 0.05) is 18.0 Å². The first-order valence-electron chi connectivity index (χ1n) is 10.4. The van der Waals surface area contributed by atoms with Crippen LogP contribution in [-0.4, -0.2) is 51.8 Å². The Kier molecular flexibility index (Phi) is 5.82. The molecule has 7 nitrogen and oxygen atoms in total. The first kappa shape index (κ1) is 21.7. The van der Waals surface area contributed by atoms with Gasteiger partial charge in [-0.1, -0.05) is 12.1 Å². The van der Waals surface area contributed by atoms with Gasteiger partial charge in [-0.2, -0.15) is 0 Å². The van der Waals surface area contributed by atoms with Gasteiger partial charge in [-0.3, -0.25) is 9.59 Å². The number of methoxy groups -OCH3 is 4. The molecule has 1 amide bonds. The van der Waals surface area contributed by atoms with E-state index in [1.807, 2.05) is 43.3 Å². The Morgan fingerprint density at radius 2 is 1.62 bits per heavy atom. The lowest BCUT2D eigenvalue weighted by atomic mass is 9.74. The molecule has 0 saturated carbocycles. The number of ether oxygens (including phenoxy) is 4. The molecule has 2 aliphatic heterocycles. The van der Waals surface area contributed by atoms with Crippen LogP contribution in [0.25, 0.3) is 5.70 Å². The van der Waals surface area contributed by atoms with Gasteiger partial charge in [0.05, 0.1) is 34.1 Å². The Morgan fingerprint density at radius 3 is 2.22 bits per heavy atom. The van der Waals surface area contributed by atoms with Crippen molar-refractivity contribution < 1.29 is 28.5 Å². The number of carbonyl (C=O) groups excluding carboxylic acids is 2. The Bertz CT molecular complexity index is 1090. The van der Waals surface area contributed by atoms with Gasteiger partial charge in [-0.05, 0) is 54.3 Å². The average molecular weight is 437 g/mol. The molecule has 0 fully saturated rings. The summed E-state index contributed by atoms with van der Waals surface area (Å²) < 4.78 is 21.3. The fourth-order valence-electron chi connectivity index (χ4n) is 4.81. The van der Waals surface area contributed by atoms with Gasteiger partial charge in [0.2, 0.25) is 5.91 Å². The molecule has 4 rings (SSSR count). The molecule has 32 heavy (non-hydrogen) atoms. The molecule has 7 heteroatoms. The van der Waals surface area contributed by atoms with E-state index < -0.39 is 17.8 Å². The standard InChI is InChI=1S/C25H27NO6/c1-14-21(15-6-8-17(29-2)9-7-15)22(25(28)32-5)24(27)26-11-10-16-12-19(30-3)20(31-4)13-18(16)23(14)26/h6-9,12-13,21-22H,10-11H2,1-5H3. The van der Waals surface area contributed by atoms with E-state index in [-0.39, 0.29) is 5.91 Å². The van der Waals surface area contributed by atoms with E-state index >= 15 is 0 Å². The van der Waals surface area contributed by atoms with Crippen LogP contribution in [0.4, 0.5) is 0 Å². The maximum absolute atomic E-state index is 13.6. The smallest absolute Gasteiger partial charge is 0.319 e. The van der Waals surface area contributed by atoms with Gasteiger partial charge in [-0.25, -0.2) is 0 Å². The van der Waals surface area contributed by atoms with Gasteiger partial charge >= 0.3 is 5.97 Å². The molecule has 0 aromatic heterocycles. The van der Waals surface area contributed by atoms with Crippen molar-refractivity contribution in [1.29, 1.82) is 0 Å². The molecule has 0 spiro atoms. The molecule has 2 heterocycles. The van der Waals surface area contributed by atoms with Crippen LogP contribution in [0.5, 0.6) is 17.2 Å². The monoisotopic (exact) mass is 437 g/mol. The number of hydrogen-bond donors (Lipinski definition) is 0. The summed E-state index contributed by atoms with van der Waals surface area (Å²) in [4.78, 5) is 28.1. The van der Waals surface area contributed by atoms with Crippen molar-refractivity contribution in [3.8, 4) is 17.2 Å². The first-order chi connectivity index (χ1) is 15.4. The Balaban J connectivity index is 1.94. The lowest BCUT2D eigenvalue weighted by Gasteiger charge is -2.42. The van der Waals surface area contributed by atoms with Crippen LogP contribution in [0, 0.1) is 5.92 Å². The van der Waals surface area contributed by atoms with Gasteiger partial charge in [0.15, 0.2) is 11.5 Å². The predicted molar refractivity (Wildman–Crippen MR) is 119 cm³/mol. The molecular formula is C25H27NO6. The Hall–Kier alpha value is -3.48. The molecule has 168 valence electrons. The second-order valence-corrected chi connectivity index (χ2v) is 7.89. The summed E-state index contributed by atoms with van der Waals surface area (Å²) in [5, 5.41) is 0. The SMILES string of the molecule is COC(=O)C1C(=O)N2CCc3cc(OC)c(OC)cc3C2=C(C)C1c1ccc(OC)cc1. The number of hydrogen-bond acceptors (Lipinski definition) is 6. The molecular weight excluding hydrogens is 410 g/mol. The van der Waals surface area contributed by atoms with Gasteiger partial charge in [-0.15, -0.1) is 0 Å². The Labute approximate surface area is 187 Å². The number of nitrogens with zero attached hydrogens (tertiary/aromatic N) is 1. The molecule has 0 radical (unpaired) electrons. The largest absolute Gasteiger partial charge is 0.497 e. The first-order valence-corrected chi connectivity index (χ1v) is 10.4. The summed E-state index contributed by atoms with van der Waals surface area (Å²) in [5.74, 6) is -0.232. The Morgan fingerprint density at radius 1 is 0.969 bits per heavy atom. The number of amides is 1. The van der Waals surface area contributed by atoms with Crippen LogP contribution in [-0.2, 0) is 20.7 Å². The minimum Gasteiger partial charge on any atom is -0.497 e. The number of esters is 1. The van der Waals surface area contributed by atoms with Gasteiger partial charge in [0.25, 0.3) is 0 Å². The number of benzene rings is 2. The van der Waals surface area contributed by atoms with Crippen molar-refractivity contribution in [3.05, 3.63) is 58.7 Å². The third-order valence-electron chi connectivity index (χ3n) is 6.37. The van der Waals surface area contributed by atoms with Crippen molar-refractivity contribution in [3.63, 3.8) is 0 Å². The zero-order valence-corrected chi connectivity index (χ0v) is 18.9. The van der Waals surface area contributed by atoms with Crippen LogP contribution >= 0.6 is 0 Å². The molecule has 2 aromatic carbocycles. The zero-order chi connectivity index (χ0) is 23.0. The van der Waals surface area contributed by atoms with Crippen LogP contribution < -0.4 is 14.2 Å². The molecule has 2 unspecified atom stereocenters. The van der Waals surface area contributed by atoms with Gasteiger partial charge in [0.1, 0.15) is 11.7 Å². The topological polar surface area (TPSA) is 74.3 Å². The van der Waals surface area contributed by atoms with E-state index in [1.165, 1.54) is 7.11 Å². The van der Waals surface area contributed by atoms with E-state index in [4.69, 9.17) is 18.9 Å². The normalized spacial score (nSPS) is 19.8. The van der Waals surface area contributed by atoms with Crippen molar-refractivity contribution in [2.45, 2.75) is 19.3 Å². The van der Waals surface area contributed by atoms with Crippen molar-refractivity contribution in [2.75, 3.05) is 35.0 Å². The lowest BCUT2D eigenvalue weighted by molar-refractivity contribution is -0.153. The molecule has 0 aliphatic carbocycles. The second-order valence-electron chi connectivity index (χ2n) is 7.89. The summed E-state index contributed by atoms with van der Waals surface area (Å²) in [6.07, 6.45) is 0.652. The van der Waals surface area contributed by atoms with Crippen LogP contribution in [0.15, 0.2) is 42.0 Å². The highest BCUT2D eigenvalue weighted by Gasteiger charge is 2.47. The molecule has 2 atom stereocenters. The van der Waals surface area contributed by atoms with Crippen LogP contribution in [0.1, 0.15) is 29.5 Å². The molecule has 0 bridgehead atoms. The summed E-state index contributed by atoms with van der Waals surface area (Å²) in [7, 11) is 6.11. The van der Waals surface area contributed by atoms with E-state index in [9.17, 15) is 9.59 Å². The van der Waals surface area contributed by atoms with Crippen molar-refractivity contribution in [1.82, 2.24) is 4.90 Å². The number of rotatable bonds is 5. The second kappa shape index (κ2) is 8.57. The van der Waals surface area contributed by atoms with Crippen LogP contribution in [0.3, 0.4) is 0 Å². The van der Waals surface area contributed by atoms with E-state index in [0.717, 1.165) is 28.0 Å². The average Bonchev–Trinajstić information content (AvgIpc) is 2.83. The van der Waals surface area contributed by atoms with Crippen molar-refractivity contribution in [2.24, 2.45) is 5.92 Å². The summed E-state index contributed by atoms with van der Waals surface area (Å²) in [6, 6.07) is 11.3. The lowest BCUT2D eigenvalue weighted by Crippen LogP contribution is -2.48. The molecule has 0 saturated heterocycles. The predicted octanol–water partition coefficient (Wildman–Crippen LogP) is 3.41. The third-order valence-corrected chi connectivity index (χ3v) is 6.37. The quantitative estimate of drug-likeness (QED) is 0.527. The number of carbonyl (C=O) groups is 2. The fraction of sp³-hybridized carbons (Fsp3) is 0.360. The highest BCUT2D eigenvalue weighted by atomic mass is 16.5. The number of allylic oxidation sites excluding steroid dienone is 1. The molecule has 0 N–H and O–H groups in total. The highest BCUT2D eigenvalue weighted by molar-refractivity contribution is 6.06. The maximum atomic E-state index is 13.6. The summed E-state index contributed by atoms with van der Waals surface area (Å²) in [6.45, 7) is 2.46. The van der Waals surface area contributed by atoms with Crippen molar-refractivity contribution >= 4 is 17.6 Å². The minimum atomic E-state index is -0.946. The fourth-order valence-corrected chi connectivity index (χ4v) is 4.81. The minimum absolute atomic E-state index is 0.251. The highest BCUT2D eigenvalue weighted by Crippen LogP contribution is 2.48. The van der Waals surface area contributed by atoms with Crippen LogP contribution in [0.2, 0.25) is 0 Å². The maximum Gasteiger partial charge on any atom is 0.319 e. The molecule has 2 aliphatic rings. The number of fused-ring (bicyclic) bond motifs is 3. The van der Waals surface area contributed by atoms with E-state index in [0.29, 0.717) is 30.2 Å². The van der Waals surface area contributed by atoms with E-state index in [2.05, 4.69) is 0 Å². The zero-order valence-electron chi connectivity index (χ0n) is 18.9. The summed E-state index contributed by atoms with van der Waals surface area (Å²) in [5.41, 5.74) is 4.59.